The van der Waals surface area contributed by atoms with Gasteiger partial charge < -0.3 is 9.88 Å². The molecule has 1 atom stereocenters. The van der Waals surface area contributed by atoms with Crippen molar-refractivity contribution in [1.29, 1.82) is 0 Å². The van der Waals surface area contributed by atoms with Crippen LogP contribution >= 0.6 is 0 Å². The van der Waals surface area contributed by atoms with Gasteiger partial charge in [0.05, 0.1) is 11.0 Å². The third-order valence-corrected chi connectivity index (χ3v) is 12.0. The van der Waals surface area contributed by atoms with Crippen LogP contribution in [0.15, 0.2) is 204 Å². The van der Waals surface area contributed by atoms with E-state index in [9.17, 15) is 0 Å². The lowest BCUT2D eigenvalue weighted by molar-refractivity contribution is 0.662. The van der Waals surface area contributed by atoms with E-state index in [0.29, 0.717) is 5.84 Å². The van der Waals surface area contributed by atoms with Gasteiger partial charge in [-0.15, -0.1) is 0 Å². The molecule has 1 aliphatic carbocycles. The quantitative estimate of drug-likeness (QED) is 0.179. The molecule has 1 unspecified atom stereocenters. The van der Waals surface area contributed by atoms with Crippen LogP contribution in [0.5, 0.6) is 0 Å². The van der Waals surface area contributed by atoms with Gasteiger partial charge in [0.15, 0.2) is 5.84 Å². The Morgan fingerprint density at radius 3 is 1.90 bits per heavy atom. The molecule has 1 aromatic heterocycles. The third kappa shape index (κ3) is 6.75. The lowest BCUT2D eigenvalue weighted by Gasteiger charge is -2.24. The SMILES string of the molecule is CC1(C)c2ccccc2-c2cccc(-c3ccc4c(c3)c3ccc(C5=NC(c6ccccc6)NC(c6ccccc6)=N5)cc3n4-c3cccc(-c4ccccc4)c3)c21.CCC. The number of aromatic nitrogens is 1. The fraction of sp³-hybridized carbons (Fsp3) is 0.123. The van der Waals surface area contributed by atoms with Crippen molar-refractivity contribution in [3.8, 4) is 39.1 Å². The van der Waals surface area contributed by atoms with Gasteiger partial charge in [-0.2, -0.15) is 0 Å². The van der Waals surface area contributed by atoms with Gasteiger partial charge in [-0.3, -0.25) is 0 Å². The van der Waals surface area contributed by atoms with Gasteiger partial charge in [0.25, 0.3) is 0 Å². The smallest absolute Gasteiger partial charge is 0.159 e. The fourth-order valence-electron chi connectivity index (χ4n) is 9.28. The number of hydrogen-bond donors (Lipinski definition) is 1. The van der Waals surface area contributed by atoms with Gasteiger partial charge in [-0.25, -0.2) is 9.98 Å². The molecule has 4 heteroatoms. The number of amidine groups is 2. The Morgan fingerprint density at radius 2 is 1.13 bits per heavy atom. The molecule has 0 radical (unpaired) electrons. The summed E-state index contributed by atoms with van der Waals surface area (Å²) < 4.78 is 2.41. The van der Waals surface area contributed by atoms with E-state index in [2.05, 4.69) is 207 Å². The summed E-state index contributed by atoms with van der Waals surface area (Å²) in [4.78, 5) is 10.4. The number of fused-ring (bicyclic) bond motifs is 6. The van der Waals surface area contributed by atoms with Crippen LogP contribution in [0.25, 0.3) is 60.9 Å². The third-order valence-electron chi connectivity index (χ3n) is 12.0. The van der Waals surface area contributed by atoms with Crippen LogP contribution in [0.3, 0.4) is 0 Å². The minimum atomic E-state index is -0.279. The van der Waals surface area contributed by atoms with E-state index in [4.69, 9.17) is 9.98 Å². The fourth-order valence-corrected chi connectivity index (χ4v) is 9.28. The minimum Gasteiger partial charge on any atom is -0.344 e. The first-order chi connectivity index (χ1) is 29.9. The molecule has 0 spiro atoms. The topological polar surface area (TPSA) is 41.7 Å². The molecule has 1 N–H and O–H groups in total. The molecule has 4 nitrogen and oxygen atoms in total. The maximum absolute atomic E-state index is 5.24. The second-order valence-electron chi connectivity index (χ2n) is 16.6. The summed E-state index contributed by atoms with van der Waals surface area (Å²) in [6, 6.07) is 69.7. The highest BCUT2D eigenvalue weighted by molar-refractivity contribution is 6.16. The van der Waals surface area contributed by atoms with Crippen LogP contribution in [0.4, 0.5) is 0 Å². The van der Waals surface area contributed by atoms with Crippen molar-refractivity contribution in [2.24, 2.45) is 9.98 Å². The molecule has 0 amide bonds. The summed E-state index contributed by atoms with van der Waals surface area (Å²) in [6.45, 7) is 8.98. The molecule has 2 aliphatic rings. The van der Waals surface area contributed by atoms with Gasteiger partial charge >= 0.3 is 0 Å². The van der Waals surface area contributed by atoms with Gasteiger partial charge in [-0.05, 0) is 80.4 Å². The van der Waals surface area contributed by atoms with E-state index in [1.165, 1.54) is 61.7 Å². The number of aliphatic imine (C=N–C) groups is 2. The van der Waals surface area contributed by atoms with Crippen molar-refractivity contribution >= 4 is 33.5 Å². The first-order valence-electron chi connectivity index (χ1n) is 21.4. The monoisotopic (exact) mass is 788 g/mol. The molecule has 9 aromatic rings. The lowest BCUT2D eigenvalue weighted by atomic mass is 9.79. The Morgan fingerprint density at radius 1 is 0.508 bits per heavy atom. The molecular weight excluding hydrogens is 741 g/mol. The molecule has 0 saturated carbocycles. The van der Waals surface area contributed by atoms with E-state index in [0.717, 1.165) is 39.2 Å². The zero-order valence-corrected chi connectivity index (χ0v) is 35.1. The van der Waals surface area contributed by atoms with E-state index in [1.54, 1.807) is 0 Å². The second kappa shape index (κ2) is 15.7. The molecule has 2 heterocycles. The van der Waals surface area contributed by atoms with E-state index in [1.807, 2.05) is 24.3 Å². The molecule has 0 fully saturated rings. The first-order valence-corrected chi connectivity index (χ1v) is 21.4. The van der Waals surface area contributed by atoms with E-state index < -0.39 is 0 Å². The summed E-state index contributed by atoms with van der Waals surface area (Å²) in [5.74, 6) is 1.51. The summed E-state index contributed by atoms with van der Waals surface area (Å²) in [5, 5.41) is 6.00. The summed E-state index contributed by atoms with van der Waals surface area (Å²) >= 11 is 0. The number of nitrogens with zero attached hydrogens (tertiary/aromatic N) is 3. The highest BCUT2D eigenvalue weighted by Crippen LogP contribution is 2.52. The van der Waals surface area contributed by atoms with Crippen LogP contribution in [0, 0.1) is 0 Å². The number of nitrogens with one attached hydrogen (secondary N) is 1. The summed E-state index contributed by atoms with van der Waals surface area (Å²) in [5.41, 5.74) is 16.6. The Hall–Kier alpha value is -7.30. The predicted molar refractivity (Wildman–Crippen MR) is 257 cm³/mol. The molecule has 0 bridgehead atoms. The van der Waals surface area contributed by atoms with Crippen molar-refractivity contribution in [3.05, 3.63) is 222 Å². The summed E-state index contributed by atoms with van der Waals surface area (Å²) in [6.07, 6.45) is 0.971. The van der Waals surface area contributed by atoms with Gasteiger partial charge in [-0.1, -0.05) is 198 Å². The van der Waals surface area contributed by atoms with E-state index >= 15 is 0 Å². The zero-order chi connectivity index (χ0) is 41.5. The Kier molecular flexibility index (Phi) is 9.77. The normalized spacial score (nSPS) is 14.9. The van der Waals surface area contributed by atoms with Crippen LogP contribution in [0.1, 0.15) is 68.1 Å². The molecule has 1 aliphatic heterocycles. The van der Waals surface area contributed by atoms with E-state index in [-0.39, 0.29) is 11.6 Å². The van der Waals surface area contributed by atoms with Crippen molar-refractivity contribution in [3.63, 3.8) is 0 Å². The zero-order valence-electron chi connectivity index (χ0n) is 35.1. The lowest BCUT2D eigenvalue weighted by Crippen LogP contribution is -2.33. The van der Waals surface area contributed by atoms with Crippen LogP contribution in [-0.2, 0) is 5.41 Å². The molecule has 61 heavy (non-hydrogen) atoms. The Labute approximate surface area is 358 Å². The first kappa shape index (κ1) is 37.9. The van der Waals surface area contributed by atoms with Crippen LogP contribution in [0.2, 0.25) is 0 Å². The highest BCUT2D eigenvalue weighted by Gasteiger charge is 2.37. The van der Waals surface area contributed by atoms with Crippen molar-refractivity contribution in [1.82, 2.24) is 9.88 Å². The van der Waals surface area contributed by atoms with Gasteiger partial charge in [0.2, 0.25) is 0 Å². The Balaban J connectivity index is 0.00000144. The van der Waals surface area contributed by atoms with Crippen molar-refractivity contribution in [2.75, 3.05) is 0 Å². The molecule has 11 rings (SSSR count). The maximum atomic E-state index is 5.24. The maximum Gasteiger partial charge on any atom is 0.159 e. The molecule has 8 aromatic carbocycles. The minimum absolute atomic E-state index is 0.120. The Bertz CT molecular complexity index is 3120. The average molecular weight is 789 g/mol. The van der Waals surface area contributed by atoms with Crippen molar-refractivity contribution < 1.29 is 0 Å². The predicted octanol–water partition coefficient (Wildman–Crippen LogP) is 14.3. The number of benzene rings is 8. The van der Waals surface area contributed by atoms with Crippen molar-refractivity contribution in [2.45, 2.75) is 45.7 Å². The standard InChI is InChI=1S/C54H40N4.C3H8/c1-54(2)47-27-13-12-24-43(47)45-26-15-25-42(50(45)54)39-29-31-48-46(33-39)44-30-28-40(34-49(44)58(48)41-23-14-22-38(32-41)35-16-6-3-7-17-35)53-56-51(36-18-8-4-9-19-36)55-52(57-53)37-20-10-5-11-21-37;1-3-2/h3-34,51H,1-2H3,(H,55,56,57);3H2,1-2H3. The highest BCUT2D eigenvalue weighted by atomic mass is 15.2. The largest absolute Gasteiger partial charge is 0.344 e. The summed E-state index contributed by atoms with van der Waals surface area (Å²) in [7, 11) is 0. The van der Waals surface area contributed by atoms with Gasteiger partial charge in [0, 0.05) is 33.0 Å². The molecule has 0 saturated heterocycles. The molecule has 296 valence electrons. The molecular formula is C57H48N4. The van der Waals surface area contributed by atoms with Crippen LogP contribution in [-0.4, -0.2) is 16.2 Å². The number of rotatable bonds is 6. The number of hydrogen-bond acceptors (Lipinski definition) is 3. The van der Waals surface area contributed by atoms with Gasteiger partial charge in [0.1, 0.15) is 12.0 Å². The second-order valence-corrected chi connectivity index (χ2v) is 16.6. The average Bonchev–Trinajstić information content (AvgIpc) is 3.77. The van der Waals surface area contributed by atoms with Crippen LogP contribution < -0.4 is 5.32 Å².